The Hall–Kier alpha value is -0.410. The molecule has 2 saturated carbocycles. The zero-order valence-electron chi connectivity index (χ0n) is 9.82. The summed E-state index contributed by atoms with van der Waals surface area (Å²) >= 11 is 0. The number of hydrogen-bond acceptors (Lipinski definition) is 3. The van der Waals surface area contributed by atoms with Gasteiger partial charge in [0.15, 0.2) is 6.29 Å². The van der Waals surface area contributed by atoms with E-state index in [1.54, 1.807) is 0 Å². The fourth-order valence-corrected chi connectivity index (χ4v) is 4.27. The molecule has 0 aromatic heterocycles. The van der Waals surface area contributed by atoms with E-state index in [1.165, 1.54) is 0 Å². The predicted molar refractivity (Wildman–Crippen MR) is 58.7 cm³/mol. The van der Waals surface area contributed by atoms with E-state index in [0.717, 1.165) is 25.7 Å². The fraction of sp³-hybridized carbons (Fsp3) is 0.923. The summed E-state index contributed by atoms with van der Waals surface area (Å²) in [5.41, 5.74) is -0.153. The third-order valence-electron chi connectivity index (χ3n) is 4.84. The Morgan fingerprint density at radius 3 is 2.44 bits per heavy atom. The molecule has 16 heavy (non-hydrogen) atoms. The van der Waals surface area contributed by atoms with Crippen LogP contribution in [0.4, 0.5) is 0 Å². The average molecular weight is 224 g/mol. The van der Waals surface area contributed by atoms with Crippen LogP contribution in [-0.4, -0.2) is 22.8 Å². The first-order chi connectivity index (χ1) is 7.60. The van der Waals surface area contributed by atoms with Crippen LogP contribution in [0.25, 0.3) is 0 Å². The lowest BCUT2D eigenvalue weighted by molar-refractivity contribution is -0.208. The van der Waals surface area contributed by atoms with Gasteiger partial charge in [-0.2, -0.15) is 0 Å². The lowest BCUT2D eigenvalue weighted by Gasteiger charge is -2.51. The van der Waals surface area contributed by atoms with Gasteiger partial charge < -0.3 is 9.84 Å². The average Bonchev–Trinajstić information content (AvgIpc) is 2.54. The van der Waals surface area contributed by atoms with Crippen LogP contribution in [0.15, 0.2) is 0 Å². The van der Waals surface area contributed by atoms with Crippen molar-refractivity contribution in [2.24, 2.45) is 17.8 Å². The van der Waals surface area contributed by atoms with E-state index in [-0.39, 0.29) is 5.60 Å². The molecule has 3 rings (SSSR count). The monoisotopic (exact) mass is 224 g/mol. The van der Waals surface area contributed by atoms with E-state index in [2.05, 4.69) is 6.92 Å². The number of carbonyl (C=O) groups is 1. The van der Waals surface area contributed by atoms with Gasteiger partial charge in [0.2, 0.25) is 0 Å². The Kier molecular flexibility index (Phi) is 2.37. The van der Waals surface area contributed by atoms with Crippen LogP contribution in [0.1, 0.15) is 45.4 Å². The van der Waals surface area contributed by atoms with Crippen molar-refractivity contribution in [3.63, 3.8) is 0 Å². The standard InChI is InChI=1S/C13H20O3/c1-8-4-9-6-11(14)7-10(5-8)13(9)3-2-12(15)16-13/h8-10,12,15H,2-7H2,1H3. The van der Waals surface area contributed by atoms with Crippen LogP contribution in [0.2, 0.25) is 0 Å². The van der Waals surface area contributed by atoms with E-state index < -0.39 is 6.29 Å². The second-order valence-electron chi connectivity index (χ2n) is 5.98. The lowest BCUT2D eigenvalue weighted by Crippen LogP contribution is -2.54. The zero-order chi connectivity index (χ0) is 11.3. The third-order valence-corrected chi connectivity index (χ3v) is 4.84. The maximum absolute atomic E-state index is 11.7. The van der Waals surface area contributed by atoms with Gasteiger partial charge in [0.25, 0.3) is 0 Å². The summed E-state index contributed by atoms with van der Waals surface area (Å²) in [4.78, 5) is 11.7. The molecule has 1 N–H and O–H groups in total. The molecule has 3 heteroatoms. The van der Waals surface area contributed by atoms with Crippen LogP contribution in [0.3, 0.4) is 0 Å². The van der Waals surface area contributed by atoms with Crippen molar-refractivity contribution in [3.8, 4) is 0 Å². The maximum Gasteiger partial charge on any atom is 0.155 e. The van der Waals surface area contributed by atoms with Gasteiger partial charge in [-0.15, -0.1) is 0 Å². The van der Waals surface area contributed by atoms with Gasteiger partial charge in [-0.25, -0.2) is 0 Å². The largest absolute Gasteiger partial charge is 0.368 e. The smallest absolute Gasteiger partial charge is 0.155 e. The Morgan fingerprint density at radius 2 is 1.94 bits per heavy atom. The highest BCUT2D eigenvalue weighted by atomic mass is 16.6. The van der Waals surface area contributed by atoms with E-state index in [4.69, 9.17) is 4.74 Å². The maximum atomic E-state index is 11.7. The highest BCUT2D eigenvalue weighted by Gasteiger charge is 2.57. The molecule has 3 unspecified atom stereocenters. The summed E-state index contributed by atoms with van der Waals surface area (Å²) in [6, 6.07) is 0. The third kappa shape index (κ3) is 1.45. The summed E-state index contributed by atoms with van der Waals surface area (Å²) in [7, 11) is 0. The van der Waals surface area contributed by atoms with Crippen molar-refractivity contribution in [3.05, 3.63) is 0 Å². The number of ether oxygens (including phenoxy) is 1. The topological polar surface area (TPSA) is 46.5 Å². The van der Waals surface area contributed by atoms with E-state index in [1.807, 2.05) is 0 Å². The van der Waals surface area contributed by atoms with Crippen molar-refractivity contribution >= 4 is 5.78 Å². The van der Waals surface area contributed by atoms with Crippen molar-refractivity contribution in [1.82, 2.24) is 0 Å². The molecule has 3 fully saturated rings. The minimum absolute atomic E-state index is 0.153. The van der Waals surface area contributed by atoms with Crippen LogP contribution in [-0.2, 0) is 9.53 Å². The molecule has 0 amide bonds. The molecule has 3 nitrogen and oxygen atoms in total. The molecule has 1 heterocycles. The van der Waals surface area contributed by atoms with Crippen LogP contribution >= 0.6 is 0 Å². The zero-order valence-corrected chi connectivity index (χ0v) is 9.82. The first kappa shape index (κ1) is 10.7. The first-order valence-corrected chi connectivity index (χ1v) is 6.48. The van der Waals surface area contributed by atoms with Crippen LogP contribution < -0.4 is 0 Å². The number of carbonyl (C=O) groups excluding carboxylic acids is 1. The molecule has 1 spiro atoms. The Bertz CT molecular complexity index is 294. The van der Waals surface area contributed by atoms with Gasteiger partial charge in [-0.05, 0) is 37.0 Å². The normalized spacial score (nSPS) is 52.2. The Labute approximate surface area is 96.2 Å². The second kappa shape index (κ2) is 3.54. The van der Waals surface area contributed by atoms with Crippen molar-refractivity contribution < 1.29 is 14.6 Å². The minimum atomic E-state index is -0.591. The van der Waals surface area contributed by atoms with Crippen LogP contribution in [0, 0.1) is 17.8 Å². The van der Waals surface area contributed by atoms with Gasteiger partial charge in [-0.3, -0.25) is 4.79 Å². The van der Waals surface area contributed by atoms with Gasteiger partial charge in [0.05, 0.1) is 5.60 Å². The molecular formula is C13H20O3. The molecule has 3 aliphatic rings. The molecular weight excluding hydrogens is 204 g/mol. The molecule has 0 aromatic carbocycles. The van der Waals surface area contributed by atoms with E-state index in [9.17, 15) is 9.90 Å². The van der Waals surface area contributed by atoms with Gasteiger partial charge in [0.1, 0.15) is 5.78 Å². The number of hydrogen-bond donors (Lipinski definition) is 1. The second-order valence-corrected chi connectivity index (χ2v) is 5.98. The highest BCUT2D eigenvalue weighted by Crippen LogP contribution is 2.55. The molecule has 0 radical (unpaired) electrons. The van der Waals surface area contributed by atoms with Crippen molar-refractivity contribution in [2.75, 3.05) is 0 Å². The predicted octanol–water partition coefficient (Wildman–Crippen LogP) is 1.88. The molecule has 2 bridgehead atoms. The summed E-state index contributed by atoms with van der Waals surface area (Å²) < 4.78 is 5.86. The lowest BCUT2D eigenvalue weighted by atomic mass is 9.58. The van der Waals surface area contributed by atoms with Gasteiger partial charge in [0, 0.05) is 19.3 Å². The van der Waals surface area contributed by atoms with E-state index in [0.29, 0.717) is 36.4 Å². The van der Waals surface area contributed by atoms with Crippen LogP contribution in [0.5, 0.6) is 0 Å². The first-order valence-electron chi connectivity index (χ1n) is 6.48. The van der Waals surface area contributed by atoms with Crippen molar-refractivity contribution in [1.29, 1.82) is 0 Å². The quantitative estimate of drug-likeness (QED) is 0.683. The number of aliphatic hydroxyl groups is 1. The number of aliphatic hydroxyl groups excluding tert-OH is 1. The van der Waals surface area contributed by atoms with Crippen molar-refractivity contribution in [2.45, 2.75) is 57.3 Å². The summed E-state index contributed by atoms with van der Waals surface area (Å²) in [5.74, 6) is 1.83. The summed E-state index contributed by atoms with van der Waals surface area (Å²) in [5, 5.41) is 9.63. The minimum Gasteiger partial charge on any atom is -0.368 e. The van der Waals surface area contributed by atoms with Gasteiger partial charge >= 0.3 is 0 Å². The van der Waals surface area contributed by atoms with E-state index >= 15 is 0 Å². The molecule has 1 aliphatic heterocycles. The summed E-state index contributed by atoms with van der Waals surface area (Å²) in [6.45, 7) is 2.27. The molecule has 90 valence electrons. The summed E-state index contributed by atoms with van der Waals surface area (Å²) in [6.07, 6.45) is 4.64. The number of Topliss-reactive ketones (excluding diaryl/α,β-unsaturated/α-hetero) is 1. The number of ketones is 1. The Morgan fingerprint density at radius 1 is 1.31 bits per heavy atom. The fourth-order valence-electron chi connectivity index (χ4n) is 4.27. The molecule has 1 saturated heterocycles. The highest BCUT2D eigenvalue weighted by molar-refractivity contribution is 5.80. The molecule has 2 aliphatic carbocycles. The number of rotatable bonds is 0. The molecule has 0 aromatic rings. The Balaban J connectivity index is 1.91. The molecule has 3 atom stereocenters. The SMILES string of the molecule is CC1CC2CC(=O)CC(C1)C21CCC(O)O1. The van der Waals surface area contributed by atoms with Gasteiger partial charge in [-0.1, -0.05) is 6.92 Å².